The van der Waals surface area contributed by atoms with E-state index in [-0.39, 0.29) is 11.9 Å². The van der Waals surface area contributed by atoms with Gasteiger partial charge in [0.05, 0.1) is 24.0 Å². The molecule has 1 aliphatic rings. The molecule has 1 saturated heterocycles. The minimum atomic E-state index is -0.0700. The molecule has 2 unspecified atom stereocenters. The molecule has 2 atom stereocenters. The fourth-order valence-corrected chi connectivity index (χ4v) is 4.52. The summed E-state index contributed by atoms with van der Waals surface area (Å²) in [6.45, 7) is 5.28. The number of hydrogen-bond donors (Lipinski definition) is 1. The molecule has 0 saturated carbocycles. The van der Waals surface area contributed by atoms with Crippen LogP contribution in [0.5, 0.6) is 0 Å². The van der Waals surface area contributed by atoms with Gasteiger partial charge in [0.2, 0.25) is 0 Å². The van der Waals surface area contributed by atoms with E-state index >= 15 is 0 Å². The number of amides is 1. The molecular formula is C23H24ClN7O2. The van der Waals surface area contributed by atoms with Gasteiger partial charge in [0, 0.05) is 24.3 Å². The Morgan fingerprint density at radius 1 is 1.33 bits per heavy atom. The van der Waals surface area contributed by atoms with E-state index in [2.05, 4.69) is 32.5 Å². The van der Waals surface area contributed by atoms with Crippen LogP contribution in [0.15, 0.2) is 47.3 Å². The summed E-state index contributed by atoms with van der Waals surface area (Å²) in [6, 6.07) is 7.57. The van der Waals surface area contributed by atoms with Crippen molar-refractivity contribution in [2.24, 2.45) is 5.92 Å². The number of aryl methyl sites for hydroxylation is 1. The van der Waals surface area contributed by atoms with Crippen molar-refractivity contribution in [3.05, 3.63) is 59.0 Å². The number of carbonyl (C=O) groups excluding carboxylic acids is 1. The Balaban J connectivity index is 1.40. The number of rotatable bonds is 5. The Labute approximate surface area is 195 Å². The van der Waals surface area contributed by atoms with Crippen LogP contribution in [-0.4, -0.2) is 54.9 Å². The Morgan fingerprint density at radius 2 is 2.21 bits per heavy atom. The van der Waals surface area contributed by atoms with Crippen molar-refractivity contribution in [1.82, 2.24) is 29.9 Å². The highest BCUT2D eigenvalue weighted by Crippen LogP contribution is 2.28. The van der Waals surface area contributed by atoms with Crippen LogP contribution >= 0.6 is 11.6 Å². The van der Waals surface area contributed by atoms with E-state index in [9.17, 15) is 4.79 Å². The van der Waals surface area contributed by atoms with E-state index in [1.54, 1.807) is 36.8 Å². The average molecular weight is 466 g/mol. The summed E-state index contributed by atoms with van der Waals surface area (Å²) in [4.78, 5) is 24.6. The maximum absolute atomic E-state index is 13.8. The van der Waals surface area contributed by atoms with Crippen molar-refractivity contribution >= 4 is 34.6 Å². The minimum absolute atomic E-state index is 0.0334. The molecule has 4 aromatic rings. The molecule has 0 radical (unpaired) electrons. The molecule has 10 heteroatoms. The van der Waals surface area contributed by atoms with Gasteiger partial charge < -0.3 is 14.6 Å². The number of halogens is 1. The first kappa shape index (κ1) is 21.4. The van der Waals surface area contributed by atoms with Crippen LogP contribution in [0.2, 0.25) is 5.02 Å². The van der Waals surface area contributed by atoms with E-state index in [0.29, 0.717) is 52.5 Å². The number of nitrogens with zero attached hydrogens (tertiary/aromatic N) is 6. The van der Waals surface area contributed by atoms with Crippen molar-refractivity contribution in [3.63, 3.8) is 0 Å². The Morgan fingerprint density at radius 3 is 3.03 bits per heavy atom. The zero-order valence-corrected chi connectivity index (χ0v) is 19.2. The SMILES string of the molecule is Cc1cnc(-n2ccnn2)c(C(=O)N2CCCC(C)C2CNc2nc3cc(Cl)ccc3o2)c1. The number of oxazole rings is 1. The lowest BCUT2D eigenvalue weighted by molar-refractivity contribution is 0.0538. The predicted molar refractivity (Wildman–Crippen MR) is 125 cm³/mol. The van der Waals surface area contributed by atoms with Crippen molar-refractivity contribution in [1.29, 1.82) is 0 Å². The van der Waals surface area contributed by atoms with Gasteiger partial charge in [0.15, 0.2) is 11.4 Å². The maximum Gasteiger partial charge on any atom is 0.295 e. The lowest BCUT2D eigenvalue weighted by atomic mass is 9.90. The number of carbonyl (C=O) groups is 1. The quantitative estimate of drug-likeness (QED) is 0.473. The minimum Gasteiger partial charge on any atom is -0.424 e. The smallest absolute Gasteiger partial charge is 0.295 e. The molecule has 5 rings (SSSR count). The topological polar surface area (TPSA) is 102 Å². The second-order valence-corrected chi connectivity index (χ2v) is 8.87. The molecule has 0 spiro atoms. The van der Waals surface area contributed by atoms with Crippen LogP contribution in [0, 0.1) is 12.8 Å². The number of pyridine rings is 1. The molecule has 0 bridgehead atoms. The van der Waals surface area contributed by atoms with Crippen molar-refractivity contribution in [2.75, 3.05) is 18.4 Å². The molecule has 1 N–H and O–H groups in total. The number of fused-ring (bicyclic) bond motifs is 1. The Hall–Kier alpha value is -3.46. The number of benzene rings is 1. The highest BCUT2D eigenvalue weighted by molar-refractivity contribution is 6.31. The summed E-state index contributed by atoms with van der Waals surface area (Å²) in [6.07, 6.45) is 6.97. The van der Waals surface area contributed by atoms with Gasteiger partial charge in [-0.05, 0) is 55.5 Å². The molecular weight excluding hydrogens is 442 g/mol. The number of piperidine rings is 1. The van der Waals surface area contributed by atoms with Crippen LogP contribution < -0.4 is 5.32 Å². The third-order valence-electron chi connectivity index (χ3n) is 6.06. The van der Waals surface area contributed by atoms with Gasteiger partial charge >= 0.3 is 0 Å². The highest BCUT2D eigenvalue weighted by Gasteiger charge is 2.34. The van der Waals surface area contributed by atoms with Gasteiger partial charge in [-0.15, -0.1) is 5.10 Å². The second-order valence-electron chi connectivity index (χ2n) is 8.43. The molecule has 3 aromatic heterocycles. The number of hydrogen-bond acceptors (Lipinski definition) is 7. The molecule has 1 amide bonds. The molecule has 0 aliphatic carbocycles. The van der Waals surface area contributed by atoms with E-state index in [4.69, 9.17) is 16.0 Å². The first-order valence-corrected chi connectivity index (χ1v) is 11.3. The second kappa shape index (κ2) is 8.82. The van der Waals surface area contributed by atoms with Gasteiger partial charge in [0.1, 0.15) is 5.52 Å². The first-order chi connectivity index (χ1) is 16.0. The van der Waals surface area contributed by atoms with E-state index in [1.807, 2.05) is 17.9 Å². The van der Waals surface area contributed by atoms with Crippen LogP contribution in [0.1, 0.15) is 35.7 Å². The average Bonchev–Trinajstić information content (AvgIpc) is 3.47. The highest BCUT2D eigenvalue weighted by atomic mass is 35.5. The lowest BCUT2D eigenvalue weighted by Gasteiger charge is -2.40. The molecule has 1 aliphatic heterocycles. The summed E-state index contributed by atoms with van der Waals surface area (Å²) < 4.78 is 7.33. The predicted octanol–water partition coefficient (Wildman–Crippen LogP) is 4.12. The van der Waals surface area contributed by atoms with E-state index < -0.39 is 0 Å². The molecule has 170 valence electrons. The zero-order valence-electron chi connectivity index (χ0n) is 18.4. The zero-order chi connectivity index (χ0) is 22.9. The first-order valence-electron chi connectivity index (χ1n) is 10.9. The number of likely N-dealkylation sites (tertiary alicyclic amines) is 1. The maximum atomic E-state index is 13.8. The van der Waals surface area contributed by atoms with Gasteiger partial charge in [-0.1, -0.05) is 23.7 Å². The molecule has 4 heterocycles. The summed E-state index contributed by atoms with van der Waals surface area (Å²) >= 11 is 6.06. The van der Waals surface area contributed by atoms with Gasteiger partial charge in [-0.2, -0.15) is 4.98 Å². The van der Waals surface area contributed by atoms with Crippen molar-refractivity contribution in [2.45, 2.75) is 32.7 Å². The fraction of sp³-hybridized carbons (Fsp3) is 0.348. The summed E-state index contributed by atoms with van der Waals surface area (Å²) in [7, 11) is 0. The summed E-state index contributed by atoms with van der Waals surface area (Å²) in [5.74, 6) is 0.713. The lowest BCUT2D eigenvalue weighted by Crippen LogP contribution is -2.51. The van der Waals surface area contributed by atoms with Crippen LogP contribution in [-0.2, 0) is 0 Å². The largest absolute Gasteiger partial charge is 0.424 e. The monoisotopic (exact) mass is 465 g/mol. The van der Waals surface area contributed by atoms with E-state index in [0.717, 1.165) is 18.4 Å². The van der Waals surface area contributed by atoms with Gasteiger partial charge in [-0.25, -0.2) is 9.67 Å². The normalized spacial score (nSPS) is 18.6. The fourth-order valence-electron chi connectivity index (χ4n) is 4.36. The molecule has 1 aromatic carbocycles. The third-order valence-corrected chi connectivity index (χ3v) is 6.30. The van der Waals surface area contributed by atoms with Crippen LogP contribution in [0.3, 0.4) is 0 Å². The van der Waals surface area contributed by atoms with Crippen LogP contribution in [0.4, 0.5) is 6.01 Å². The van der Waals surface area contributed by atoms with Gasteiger partial charge in [0.25, 0.3) is 11.9 Å². The Kier molecular flexibility index (Phi) is 5.72. The van der Waals surface area contributed by atoms with Gasteiger partial charge in [-0.3, -0.25) is 4.79 Å². The number of anilines is 1. The summed E-state index contributed by atoms with van der Waals surface area (Å²) in [5.41, 5.74) is 2.77. The number of nitrogens with one attached hydrogen (secondary N) is 1. The van der Waals surface area contributed by atoms with Crippen molar-refractivity contribution in [3.8, 4) is 5.82 Å². The molecule has 33 heavy (non-hydrogen) atoms. The van der Waals surface area contributed by atoms with Crippen LogP contribution in [0.25, 0.3) is 16.9 Å². The molecule has 9 nitrogen and oxygen atoms in total. The standard InChI is InChI=1S/C23H24ClN7O2/c1-14-10-17(21(25-12-14)31-9-7-27-29-31)22(32)30-8-3-4-15(2)19(30)13-26-23-28-18-11-16(24)5-6-20(18)33-23/h5-7,9-12,15,19H,3-4,8,13H2,1-2H3,(H,26,28). The van der Waals surface area contributed by atoms with Crippen molar-refractivity contribution < 1.29 is 9.21 Å². The molecule has 1 fully saturated rings. The van der Waals surface area contributed by atoms with E-state index in [1.165, 1.54) is 4.68 Å². The third kappa shape index (κ3) is 4.28. The Bertz CT molecular complexity index is 1290. The summed E-state index contributed by atoms with van der Waals surface area (Å²) in [5, 5.41) is 11.8. The number of aromatic nitrogens is 5.